The summed E-state index contributed by atoms with van der Waals surface area (Å²) in [6, 6.07) is 0.0783. The van der Waals surface area contributed by atoms with Crippen molar-refractivity contribution in [1.29, 1.82) is 0 Å². The van der Waals surface area contributed by atoms with Gasteiger partial charge in [-0.25, -0.2) is 0 Å². The second kappa shape index (κ2) is 7.33. The molecule has 0 aromatic carbocycles. The summed E-state index contributed by atoms with van der Waals surface area (Å²) in [4.78, 5) is 14.4. The fraction of sp³-hybridized carbons (Fsp3) is 0.846. The van der Waals surface area contributed by atoms with Gasteiger partial charge in [-0.15, -0.1) is 0 Å². The minimum atomic E-state index is -0.533. The fourth-order valence-corrected chi connectivity index (χ4v) is 2.41. The first-order chi connectivity index (χ1) is 9.04. The van der Waals surface area contributed by atoms with E-state index in [1.807, 2.05) is 25.7 Å². The van der Waals surface area contributed by atoms with Crippen molar-refractivity contribution in [3.63, 3.8) is 0 Å². The number of nitrogens with zero attached hydrogens (tertiary/aromatic N) is 2. The maximum Gasteiger partial charge on any atom is 0.233 e. The van der Waals surface area contributed by atoms with Gasteiger partial charge in [-0.3, -0.25) is 4.79 Å². The number of amides is 1. The molecule has 6 heteroatoms. The van der Waals surface area contributed by atoms with Gasteiger partial charge < -0.3 is 20.6 Å². The van der Waals surface area contributed by atoms with E-state index in [0.717, 1.165) is 12.8 Å². The highest BCUT2D eigenvalue weighted by molar-refractivity contribution is 6.02. The van der Waals surface area contributed by atoms with Crippen LogP contribution < -0.4 is 5.73 Å². The largest absolute Gasteiger partial charge is 0.409 e. The number of ether oxygens (including phenoxy) is 1. The molecule has 1 aliphatic heterocycles. The molecule has 19 heavy (non-hydrogen) atoms. The van der Waals surface area contributed by atoms with Gasteiger partial charge in [-0.05, 0) is 19.8 Å². The van der Waals surface area contributed by atoms with Crippen molar-refractivity contribution >= 4 is 11.7 Å². The Bertz CT molecular complexity index is 333. The Morgan fingerprint density at radius 1 is 1.58 bits per heavy atom. The second-order valence-electron chi connectivity index (χ2n) is 5.06. The number of carbonyl (C=O) groups excluding carboxylic acids is 1. The molecule has 0 aliphatic carbocycles. The molecule has 1 saturated heterocycles. The van der Waals surface area contributed by atoms with Crippen LogP contribution in [0.5, 0.6) is 0 Å². The summed E-state index contributed by atoms with van der Waals surface area (Å²) in [5.41, 5.74) is 5.65. The molecule has 3 unspecified atom stereocenters. The summed E-state index contributed by atoms with van der Waals surface area (Å²) in [6.07, 6.45) is 2.27. The Morgan fingerprint density at radius 3 is 2.79 bits per heavy atom. The molecule has 1 rings (SSSR count). The number of hydrogen-bond donors (Lipinski definition) is 2. The highest BCUT2D eigenvalue weighted by Crippen LogP contribution is 2.20. The molecule has 0 spiro atoms. The zero-order valence-corrected chi connectivity index (χ0v) is 12.0. The van der Waals surface area contributed by atoms with Crippen molar-refractivity contribution in [3.05, 3.63) is 0 Å². The lowest BCUT2D eigenvalue weighted by Crippen LogP contribution is -2.54. The lowest BCUT2D eigenvalue weighted by Gasteiger charge is -2.39. The summed E-state index contributed by atoms with van der Waals surface area (Å²) in [7, 11) is 0. The number of oxime groups is 1. The molecule has 0 aromatic rings. The third-order valence-electron chi connectivity index (χ3n) is 3.57. The van der Waals surface area contributed by atoms with E-state index < -0.39 is 5.92 Å². The van der Waals surface area contributed by atoms with Crippen molar-refractivity contribution in [2.45, 2.75) is 52.2 Å². The normalized spacial score (nSPS) is 26.3. The van der Waals surface area contributed by atoms with Crippen LogP contribution in [0.1, 0.15) is 40.0 Å². The minimum Gasteiger partial charge on any atom is -0.409 e. The first kappa shape index (κ1) is 15.8. The Labute approximate surface area is 114 Å². The average molecular weight is 271 g/mol. The average Bonchev–Trinajstić information content (AvgIpc) is 2.43. The quantitative estimate of drug-likeness (QED) is 0.340. The zero-order chi connectivity index (χ0) is 14.4. The van der Waals surface area contributed by atoms with Crippen molar-refractivity contribution < 1.29 is 14.7 Å². The summed E-state index contributed by atoms with van der Waals surface area (Å²) in [5, 5.41) is 11.8. The smallest absolute Gasteiger partial charge is 0.233 e. The fourth-order valence-electron chi connectivity index (χ4n) is 2.41. The number of hydrogen-bond acceptors (Lipinski definition) is 4. The first-order valence-corrected chi connectivity index (χ1v) is 6.94. The SMILES string of the molecule is CCCC(C(=O)N1CC(C)OCC1CC)C(N)=NO. The molecule has 3 atom stereocenters. The van der Waals surface area contributed by atoms with Crippen LogP contribution in [-0.4, -0.2) is 47.1 Å². The lowest BCUT2D eigenvalue weighted by atomic mass is 9.98. The van der Waals surface area contributed by atoms with Crippen LogP contribution in [0.3, 0.4) is 0 Å². The molecule has 1 aliphatic rings. The predicted molar refractivity (Wildman–Crippen MR) is 73.0 cm³/mol. The molecule has 0 bridgehead atoms. The maximum atomic E-state index is 12.6. The predicted octanol–water partition coefficient (Wildman–Crippen LogP) is 1.17. The molecular weight excluding hydrogens is 246 g/mol. The van der Waals surface area contributed by atoms with Gasteiger partial charge in [0.2, 0.25) is 5.91 Å². The van der Waals surface area contributed by atoms with E-state index >= 15 is 0 Å². The highest BCUT2D eigenvalue weighted by atomic mass is 16.5. The molecule has 0 radical (unpaired) electrons. The van der Waals surface area contributed by atoms with Crippen LogP contribution in [-0.2, 0) is 9.53 Å². The molecule has 1 fully saturated rings. The van der Waals surface area contributed by atoms with Crippen molar-refractivity contribution in [3.8, 4) is 0 Å². The molecule has 0 saturated carbocycles. The summed E-state index contributed by atoms with van der Waals surface area (Å²) in [5.74, 6) is -0.589. The molecule has 1 amide bonds. The van der Waals surface area contributed by atoms with Crippen molar-refractivity contribution in [1.82, 2.24) is 4.90 Å². The number of morpholine rings is 1. The zero-order valence-electron chi connectivity index (χ0n) is 12.0. The van der Waals surface area contributed by atoms with Gasteiger partial charge in [0.25, 0.3) is 0 Å². The molecule has 0 aromatic heterocycles. The second-order valence-corrected chi connectivity index (χ2v) is 5.06. The molecule has 3 N–H and O–H groups in total. The lowest BCUT2D eigenvalue weighted by molar-refractivity contribution is -0.146. The summed E-state index contributed by atoms with van der Waals surface area (Å²) >= 11 is 0. The van der Waals surface area contributed by atoms with Gasteiger partial charge in [-0.1, -0.05) is 25.4 Å². The Morgan fingerprint density at radius 2 is 2.26 bits per heavy atom. The molecule has 110 valence electrons. The van der Waals surface area contributed by atoms with Crippen LogP contribution >= 0.6 is 0 Å². The van der Waals surface area contributed by atoms with E-state index in [9.17, 15) is 4.79 Å². The van der Waals surface area contributed by atoms with Gasteiger partial charge in [-0.2, -0.15) is 0 Å². The van der Waals surface area contributed by atoms with Gasteiger partial charge in [0.15, 0.2) is 5.84 Å². The van der Waals surface area contributed by atoms with E-state index in [0.29, 0.717) is 19.6 Å². The van der Waals surface area contributed by atoms with E-state index in [-0.39, 0.29) is 23.9 Å². The Kier molecular flexibility index (Phi) is 6.08. The first-order valence-electron chi connectivity index (χ1n) is 6.94. The van der Waals surface area contributed by atoms with Crippen LogP contribution in [0.25, 0.3) is 0 Å². The molecule has 6 nitrogen and oxygen atoms in total. The third kappa shape index (κ3) is 3.83. The number of amidine groups is 1. The highest BCUT2D eigenvalue weighted by Gasteiger charge is 2.34. The minimum absolute atomic E-state index is 0.000785. The van der Waals surface area contributed by atoms with Gasteiger partial charge in [0.1, 0.15) is 0 Å². The Hall–Kier alpha value is -1.30. The number of nitrogens with two attached hydrogens (primary N) is 1. The van der Waals surface area contributed by atoms with Gasteiger partial charge >= 0.3 is 0 Å². The van der Waals surface area contributed by atoms with Crippen molar-refractivity contribution in [2.24, 2.45) is 16.8 Å². The van der Waals surface area contributed by atoms with E-state index in [1.165, 1.54) is 0 Å². The van der Waals surface area contributed by atoms with Crippen LogP contribution in [0, 0.1) is 5.92 Å². The number of carbonyl (C=O) groups is 1. The van der Waals surface area contributed by atoms with E-state index in [1.54, 1.807) is 0 Å². The summed E-state index contributed by atoms with van der Waals surface area (Å²) in [6.45, 7) is 7.08. The number of rotatable bonds is 5. The standard InChI is InChI=1S/C13H25N3O3/c1-4-6-11(12(14)15-18)13(17)16-7-9(3)19-8-10(16)5-2/h9-11,18H,4-8H2,1-3H3,(H2,14,15). The van der Waals surface area contributed by atoms with Gasteiger partial charge in [0, 0.05) is 6.54 Å². The van der Waals surface area contributed by atoms with Gasteiger partial charge in [0.05, 0.1) is 24.7 Å². The monoisotopic (exact) mass is 271 g/mol. The summed E-state index contributed by atoms with van der Waals surface area (Å²) < 4.78 is 5.58. The maximum absolute atomic E-state index is 12.6. The van der Waals surface area contributed by atoms with Crippen LogP contribution in [0.4, 0.5) is 0 Å². The van der Waals surface area contributed by atoms with E-state index in [2.05, 4.69) is 5.16 Å². The van der Waals surface area contributed by atoms with Crippen LogP contribution in [0.15, 0.2) is 5.16 Å². The van der Waals surface area contributed by atoms with Crippen molar-refractivity contribution in [2.75, 3.05) is 13.2 Å². The Balaban J connectivity index is 2.86. The van der Waals surface area contributed by atoms with Crippen LogP contribution in [0.2, 0.25) is 0 Å². The van der Waals surface area contributed by atoms with E-state index in [4.69, 9.17) is 15.7 Å². The topological polar surface area (TPSA) is 88.2 Å². The molecule has 1 heterocycles. The molecular formula is C13H25N3O3. The third-order valence-corrected chi connectivity index (χ3v) is 3.57.